The van der Waals surface area contributed by atoms with Crippen molar-refractivity contribution in [2.24, 2.45) is 0 Å². The van der Waals surface area contributed by atoms with Gasteiger partial charge in [-0.2, -0.15) is 0 Å². The van der Waals surface area contributed by atoms with Crippen molar-refractivity contribution in [1.82, 2.24) is 0 Å². The summed E-state index contributed by atoms with van der Waals surface area (Å²) >= 11 is 0. The second kappa shape index (κ2) is 10.3. The molecule has 3 heteroatoms. The summed E-state index contributed by atoms with van der Waals surface area (Å²) in [7, 11) is -2.10. The van der Waals surface area contributed by atoms with E-state index in [-0.39, 0.29) is 18.2 Å². The Morgan fingerprint density at radius 2 is 0.867 bits per heavy atom. The Kier molecular flexibility index (Phi) is 7.57. The molecule has 0 spiro atoms. The number of hydrogen-bond acceptors (Lipinski definition) is 1. The zero-order valence-electron chi connectivity index (χ0n) is 16.7. The van der Waals surface area contributed by atoms with Gasteiger partial charge in [-0.15, -0.1) is 0 Å². The second-order valence-corrected chi connectivity index (χ2v) is 10.7. The van der Waals surface area contributed by atoms with Crippen LogP contribution in [0.2, 0.25) is 0 Å². The van der Waals surface area contributed by atoms with Gasteiger partial charge in [-0.05, 0) is 42.0 Å². The Balaban J connectivity index is 0.00000256. The lowest BCUT2D eigenvalue weighted by atomic mass is 10.1. The van der Waals surface area contributed by atoms with E-state index in [0.29, 0.717) is 12.6 Å². The number of benzene rings is 4. The topological polar surface area (TPSA) is 17.1 Å². The highest BCUT2D eigenvalue weighted by atomic mass is 35.5. The summed E-state index contributed by atoms with van der Waals surface area (Å²) < 4.78 is 0. The molecular weight excluding hydrogens is 407 g/mol. The quantitative estimate of drug-likeness (QED) is 0.409. The fraction of sp³-hybridized carbons (Fsp3) is 0.0741. The van der Waals surface area contributed by atoms with Crippen molar-refractivity contribution in [2.45, 2.75) is 6.42 Å². The lowest BCUT2D eigenvalue weighted by molar-refractivity contribution is -0.116. The fourth-order valence-corrected chi connectivity index (χ4v) is 8.04. The number of carbonyl (C=O) groups is 1. The average molecular weight is 431 g/mol. The molecule has 0 fully saturated rings. The van der Waals surface area contributed by atoms with Crippen molar-refractivity contribution in [3.63, 3.8) is 0 Å². The minimum atomic E-state index is -2.10. The zero-order valence-corrected chi connectivity index (χ0v) is 18.3. The largest absolute Gasteiger partial charge is 1.00 e. The number of hydrogen-bond donors (Lipinski definition) is 0. The minimum absolute atomic E-state index is 0. The van der Waals surface area contributed by atoms with Gasteiger partial charge < -0.3 is 12.4 Å². The predicted molar refractivity (Wildman–Crippen MR) is 125 cm³/mol. The Hall–Kier alpha value is -2.73. The van der Waals surface area contributed by atoms with Gasteiger partial charge in [0.1, 0.15) is 29.3 Å². The maximum absolute atomic E-state index is 13.4. The average Bonchev–Trinajstić information content (AvgIpc) is 2.80. The molecule has 4 aromatic carbocycles. The smallest absolute Gasteiger partial charge is 0.175 e. The highest BCUT2D eigenvalue weighted by Gasteiger charge is 2.46. The molecule has 0 unspecified atom stereocenters. The molecule has 4 aromatic rings. The molecule has 0 N–H and O–H groups in total. The summed E-state index contributed by atoms with van der Waals surface area (Å²) in [6.45, 7) is 0. The van der Waals surface area contributed by atoms with E-state index in [2.05, 4.69) is 72.8 Å². The first-order chi connectivity index (χ1) is 14.3. The molecule has 0 atom stereocenters. The molecule has 0 radical (unpaired) electrons. The molecule has 150 valence electrons. The first kappa shape index (κ1) is 22.0. The number of rotatable bonds is 7. The predicted octanol–water partition coefficient (Wildman–Crippen LogP) is 1.80. The molecule has 0 amide bonds. The summed E-state index contributed by atoms with van der Waals surface area (Å²) in [6, 6.07) is 41.8. The van der Waals surface area contributed by atoms with Crippen molar-refractivity contribution < 1.29 is 17.2 Å². The number of carbonyl (C=O) groups excluding carboxylic acids is 1. The summed E-state index contributed by atoms with van der Waals surface area (Å²) in [5, 5.41) is 3.75. The standard InChI is InChI=1S/C27H24OP.ClH/c28-24(21-23-13-5-1-6-14-23)22-29(25-15-7-2-8-16-25,26-17-9-3-10-18-26)27-19-11-4-12-20-27;/h1-20H,21-22H2;1H/q+1;/p-1. The molecule has 4 rings (SSSR count). The molecule has 0 aliphatic carbocycles. The highest BCUT2D eigenvalue weighted by Crippen LogP contribution is 2.55. The van der Waals surface area contributed by atoms with Crippen LogP contribution >= 0.6 is 7.26 Å². The van der Waals surface area contributed by atoms with E-state index in [0.717, 1.165) is 5.56 Å². The molecule has 0 aliphatic rings. The summed E-state index contributed by atoms with van der Waals surface area (Å²) in [4.78, 5) is 13.4. The van der Waals surface area contributed by atoms with E-state index in [1.165, 1.54) is 15.9 Å². The minimum Gasteiger partial charge on any atom is -1.00 e. The van der Waals surface area contributed by atoms with Crippen LogP contribution in [0.5, 0.6) is 0 Å². The lowest BCUT2D eigenvalue weighted by Gasteiger charge is -2.27. The first-order valence-electron chi connectivity index (χ1n) is 9.89. The van der Waals surface area contributed by atoms with Gasteiger partial charge in [0.25, 0.3) is 0 Å². The van der Waals surface area contributed by atoms with Crippen LogP contribution in [0, 0.1) is 0 Å². The lowest BCUT2D eigenvalue weighted by Crippen LogP contribution is -3.00. The summed E-state index contributed by atoms with van der Waals surface area (Å²) in [6.07, 6.45) is 0.995. The van der Waals surface area contributed by atoms with E-state index in [1.807, 2.05) is 48.5 Å². The first-order valence-corrected chi connectivity index (χ1v) is 11.9. The van der Waals surface area contributed by atoms with Crippen LogP contribution in [-0.4, -0.2) is 11.9 Å². The van der Waals surface area contributed by atoms with E-state index in [4.69, 9.17) is 0 Å². The van der Waals surface area contributed by atoms with Crippen LogP contribution in [0.15, 0.2) is 121 Å². The van der Waals surface area contributed by atoms with Crippen LogP contribution in [-0.2, 0) is 11.2 Å². The summed E-state index contributed by atoms with van der Waals surface area (Å²) in [5.74, 6) is 0.279. The van der Waals surface area contributed by atoms with Gasteiger partial charge >= 0.3 is 0 Å². The molecule has 0 aliphatic heterocycles. The Morgan fingerprint density at radius 3 is 1.23 bits per heavy atom. The third-order valence-corrected chi connectivity index (χ3v) is 9.61. The van der Waals surface area contributed by atoms with Gasteiger partial charge in [-0.3, -0.25) is 4.79 Å². The molecule has 30 heavy (non-hydrogen) atoms. The summed E-state index contributed by atoms with van der Waals surface area (Å²) in [5.41, 5.74) is 1.07. The van der Waals surface area contributed by atoms with Gasteiger partial charge in [0.2, 0.25) is 0 Å². The third-order valence-electron chi connectivity index (χ3n) is 5.25. The second-order valence-electron chi connectivity index (χ2n) is 7.18. The van der Waals surface area contributed by atoms with Crippen molar-refractivity contribution in [2.75, 3.05) is 6.16 Å². The van der Waals surface area contributed by atoms with Crippen molar-refractivity contribution in [1.29, 1.82) is 0 Å². The van der Waals surface area contributed by atoms with E-state index in [9.17, 15) is 4.79 Å². The van der Waals surface area contributed by atoms with Crippen LogP contribution in [0.3, 0.4) is 0 Å². The maximum Gasteiger partial charge on any atom is 0.175 e. The fourth-order valence-electron chi connectivity index (χ4n) is 3.91. The monoisotopic (exact) mass is 430 g/mol. The molecule has 0 saturated heterocycles. The van der Waals surface area contributed by atoms with Gasteiger partial charge in [0.15, 0.2) is 5.78 Å². The van der Waals surface area contributed by atoms with Gasteiger partial charge in [0, 0.05) is 6.42 Å². The number of Topliss-reactive ketones (excluding diaryl/α,β-unsaturated/α-hetero) is 1. The van der Waals surface area contributed by atoms with E-state index >= 15 is 0 Å². The van der Waals surface area contributed by atoms with Crippen LogP contribution < -0.4 is 28.3 Å². The molecule has 0 heterocycles. The molecule has 0 saturated carbocycles. The normalized spacial score (nSPS) is 10.8. The number of ketones is 1. The third kappa shape index (κ3) is 4.70. The Morgan fingerprint density at radius 1 is 0.533 bits per heavy atom. The van der Waals surface area contributed by atoms with Crippen molar-refractivity contribution >= 4 is 29.0 Å². The van der Waals surface area contributed by atoms with Gasteiger partial charge in [0.05, 0.1) is 0 Å². The van der Waals surface area contributed by atoms with E-state index in [1.54, 1.807) is 0 Å². The Bertz CT molecular complexity index is 954. The van der Waals surface area contributed by atoms with Crippen LogP contribution in [0.4, 0.5) is 0 Å². The molecule has 0 bridgehead atoms. The van der Waals surface area contributed by atoms with Crippen molar-refractivity contribution in [3.8, 4) is 0 Å². The zero-order chi connectivity index (χ0) is 19.9. The van der Waals surface area contributed by atoms with Crippen LogP contribution in [0.1, 0.15) is 5.56 Å². The van der Waals surface area contributed by atoms with Crippen LogP contribution in [0.25, 0.3) is 0 Å². The molecule has 0 aromatic heterocycles. The number of halogens is 1. The van der Waals surface area contributed by atoms with Gasteiger partial charge in [-0.1, -0.05) is 84.9 Å². The molecule has 1 nitrogen and oxygen atoms in total. The van der Waals surface area contributed by atoms with Crippen molar-refractivity contribution in [3.05, 3.63) is 127 Å². The highest BCUT2D eigenvalue weighted by molar-refractivity contribution is 7.96. The Labute approximate surface area is 185 Å². The van der Waals surface area contributed by atoms with Gasteiger partial charge in [-0.25, -0.2) is 0 Å². The SMILES string of the molecule is O=C(Cc1ccccc1)C[P+](c1ccccc1)(c1ccccc1)c1ccccc1.[Cl-]. The maximum atomic E-state index is 13.4. The van der Waals surface area contributed by atoms with E-state index < -0.39 is 7.26 Å². The molecular formula is C27H24ClOP.